The van der Waals surface area contributed by atoms with E-state index >= 15 is 0 Å². The van der Waals surface area contributed by atoms with Crippen molar-refractivity contribution in [2.75, 3.05) is 0 Å². The van der Waals surface area contributed by atoms with Gasteiger partial charge in [0.2, 0.25) is 0 Å². The lowest BCUT2D eigenvalue weighted by atomic mass is 9.94. The Morgan fingerprint density at radius 2 is 2.38 bits per heavy atom. The summed E-state index contributed by atoms with van der Waals surface area (Å²) >= 11 is 3.15. The first kappa shape index (κ1) is 8.97. The Hall–Kier alpha value is -0.610. The summed E-state index contributed by atoms with van der Waals surface area (Å²) in [5.41, 5.74) is 1.62. The van der Waals surface area contributed by atoms with Crippen molar-refractivity contribution in [2.45, 2.75) is 25.4 Å². The van der Waals surface area contributed by atoms with Gasteiger partial charge in [0, 0.05) is 11.3 Å². The first-order valence-corrected chi connectivity index (χ1v) is 5.07. The van der Waals surface area contributed by atoms with E-state index in [-0.39, 0.29) is 5.56 Å². The monoisotopic (exact) mass is 243 g/mol. The third kappa shape index (κ3) is 1.56. The summed E-state index contributed by atoms with van der Waals surface area (Å²) in [6.07, 6.45) is 2.16. The zero-order valence-corrected chi connectivity index (χ0v) is 8.60. The maximum absolute atomic E-state index is 11.2. The number of rotatable bonds is 0. The van der Waals surface area contributed by atoms with E-state index in [2.05, 4.69) is 20.9 Å². The van der Waals surface area contributed by atoms with E-state index in [9.17, 15) is 9.90 Å². The van der Waals surface area contributed by atoms with E-state index < -0.39 is 6.10 Å². The minimum Gasteiger partial charge on any atom is -0.388 e. The Bertz CT molecular complexity index is 386. The van der Waals surface area contributed by atoms with Crippen LogP contribution in [-0.2, 0) is 6.42 Å². The molecule has 2 N–H and O–H groups in total. The van der Waals surface area contributed by atoms with Crippen molar-refractivity contribution < 1.29 is 5.11 Å². The molecule has 1 aromatic heterocycles. The summed E-state index contributed by atoms with van der Waals surface area (Å²) in [5, 5.41) is 9.63. The van der Waals surface area contributed by atoms with Gasteiger partial charge in [0.25, 0.3) is 5.56 Å². The van der Waals surface area contributed by atoms with Crippen molar-refractivity contribution in [3.05, 3.63) is 32.2 Å². The average Bonchev–Trinajstić information content (AvgIpc) is 2.09. The number of aryl methyl sites for hydroxylation is 1. The van der Waals surface area contributed by atoms with Crippen molar-refractivity contribution in [1.29, 1.82) is 0 Å². The molecule has 0 saturated carbocycles. The Kier molecular flexibility index (Phi) is 2.26. The molecule has 1 aliphatic rings. The number of hydrogen-bond acceptors (Lipinski definition) is 2. The Morgan fingerprint density at radius 3 is 3.15 bits per heavy atom. The number of aromatic nitrogens is 1. The highest BCUT2D eigenvalue weighted by molar-refractivity contribution is 9.10. The smallest absolute Gasteiger partial charge is 0.262 e. The number of aromatic amines is 1. The molecule has 1 aliphatic carbocycles. The lowest BCUT2D eigenvalue weighted by Gasteiger charge is -2.20. The van der Waals surface area contributed by atoms with Gasteiger partial charge in [-0.1, -0.05) is 0 Å². The zero-order chi connectivity index (χ0) is 9.42. The van der Waals surface area contributed by atoms with Crippen molar-refractivity contribution in [2.24, 2.45) is 0 Å². The fraction of sp³-hybridized carbons (Fsp3) is 0.444. The lowest BCUT2D eigenvalue weighted by molar-refractivity contribution is 0.155. The number of H-pyrrole nitrogens is 1. The van der Waals surface area contributed by atoms with Crippen LogP contribution in [0.3, 0.4) is 0 Å². The molecule has 0 aliphatic heterocycles. The quantitative estimate of drug-likeness (QED) is 0.726. The predicted octanol–water partition coefficient (Wildman–Crippen LogP) is 1.51. The lowest BCUT2D eigenvalue weighted by Crippen LogP contribution is -2.18. The van der Waals surface area contributed by atoms with E-state index in [0.29, 0.717) is 4.47 Å². The second-order valence-electron chi connectivity index (χ2n) is 3.29. The van der Waals surface area contributed by atoms with Crippen LogP contribution < -0.4 is 5.56 Å². The maximum atomic E-state index is 11.2. The maximum Gasteiger partial charge on any atom is 0.262 e. The molecule has 13 heavy (non-hydrogen) atoms. The van der Waals surface area contributed by atoms with Gasteiger partial charge in [-0.25, -0.2) is 0 Å². The van der Waals surface area contributed by atoms with Crippen LogP contribution in [0.15, 0.2) is 15.3 Å². The van der Waals surface area contributed by atoms with E-state index in [1.807, 2.05) is 0 Å². The van der Waals surface area contributed by atoms with Crippen LogP contribution in [0.5, 0.6) is 0 Å². The summed E-state index contributed by atoms with van der Waals surface area (Å²) in [7, 11) is 0. The van der Waals surface area contributed by atoms with Crippen LogP contribution in [0.2, 0.25) is 0 Å². The number of nitrogens with one attached hydrogen (secondary N) is 1. The zero-order valence-electron chi connectivity index (χ0n) is 7.01. The van der Waals surface area contributed by atoms with Gasteiger partial charge in [-0.2, -0.15) is 0 Å². The number of aliphatic hydroxyl groups excluding tert-OH is 1. The van der Waals surface area contributed by atoms with Crippen LogP contribution >= 0.6 is 15.9 Å². The highest BCUT2D eigenvalue weighted by Gasteiger charge is 2.19. The van der Waals surface area contributed by atoms with Crippen molar-refractivity contribution in [3.63, 3.8) is 0 Å². The molecule has 2 rings (SSSR count). The third-order valence-corrected chi connectivity index (χ3v) is 2.96. The van der Waals surface area contributed by atoms with Crippen molar-refractivity contribution in [3.8, 4) is 0 Å². The van der Waals surface area contributed by atoms with Gasteiger partial charge in [0.1, 0.15) is 0 Å². The molecule has 1 heterocycles. The van der Waals surface area contributed by atoms with Crippen LogP contribution in [0.1, 0.15) is 30.2 Å². The SMILES string of the molecule is O=c1[nH]c2c(cc1Br)C(O)CCC2. The molecule has 1 aromatic rings. The molecule has 0 amide bonds. The van der Waals surface area contributed by atoms with Gasteiger partial charge in [-0.3, -0.25) is 4.79 Å². The van der Waals surface area contributed by atoms with E-state index in [0.717, 1.165) is 30.5 Å². The summed E-state index contributed by atoms with van der Waals surface area (Å²) in [6, 6.07) is 1.72. The summed E-state index contributed by atoms with van der Waals surface area (Å²) < 4.78 is 0.493. The van der Waals surface area contributed by atoms with Gasteiger partial charge in [0.05, 0.1) is 10.6 Å². The van der Waals surface area contributed by atoms with Gasteiger partial charge >= 0.3 is 0 Å². The number of fused-ring (bicyclic) bond motifs is 1. The molecule has 1 atom stereocenters. The summed E-state index contributed by atoms with van der Waals surface area (Å²) in [6.45, 7) is 0. The molecule has 0 bridgehead atoms. The fourth-order valence-corrected chi connectivity index (χ4v) is 2.04. The number of pyridine rings is 1. The molecule has 0 fully saturated rings. The largest absolute Gasteiger partial charge is 0.388 e. The standard InChI is InChI=1S/C9H10BrNO2/c10-6-4-5-7(11-9(6)13)2-1-3-8(5)12/h4,8,12H,1-3H2,(H,11,13). The highest BCUT2D eigenvalue weighted by atomic mass is 79.9. The number of aliphatic hydroxyl groups is 1. The van der Waals surface area contributed by atoms with Crippen molar-refractivity contribution in [1.82, 2.24) is 4.98 Å². The average molecular weight is 244 g/mol. The Balaban J connectivity index is 2.58. The minimum absolute atomic E-state index is 0.118. The molecule has 0 radical (unpaired) electrons. The molecular weight excluding hydrogens is 234 g/mol. The first-order chi connectivity index (χ1) is 6.18. The van der Waals surface area contributed by atoms with Gasteiger partial charge < -0.3 is 10.1 Å². The normalized spacial score (nSPS) is 21.2. The topological polar surface area (TPSA) is 53.1 Å². The summed E-state index contributed by atoms with van der Waals surface area (Å²) in [5.74, 6) is 0. The van der Waals surface area contributed by atoms with E-state index in [1.165, 1.54) is 0 Å². The molecule has 0 spiro atoms. The first-order valence-electron chi connectivity index (χ1n) is 4.28. The number of hydrogen-bond donors (Lipinski definition) is 2. The molecule has 0 saturated heterocycles. The van der Waals surface area contributed by atoms with Crippen LogP contribution in [0.25, 0.3) is 0 Å². The highest BCUT2D eigenvalue weighted by Crippen LogP contribution is 2.28. The molecule has 4 heteroatoms. The summed E-state index contributed by atoms with van der Waals surface area (Å²) in [4.78, 5) is 14.0. The fourth-order valence-electron chi connectivity index (χ4n) is 1.69. The number of halogens is 1. The third-order valence-electron chi connectivity index (χ3n) is 2.38. The predicted molar refractivity (Wildman–Crippen MR) is 52.7 cm³/mol. The second-order valence-corrected chi connectivity index (χ2v) is 4.14. The van der Waals surface area contributed by atoms with Crippen LogP contribution in [-0.4, -0.2) is 10.1 Å². The van der Waals surface area contributed by atoms with Crippen LogP contribution in [0.4, 0.5) is 0 Å². The molecular formula is C9H10BrNO2. The van der Waals surface area contributed by atoms with Gasteiger partial charge in [-0.15, -0.1) is 0 Å². The Labute approximate surface area is 83.9 Å². The van der Waals surface area contributed by atoms with E-state index in [1.54, 1.807) is 6.07 Å². The molecule has 1 unspecified atom stereocenters. The molecule has 70 valence electrons. The minimum atomic E-state index is -0.420. The van der Waals surface area contributed by atoms with E-state index in [4.69, 9.17) is 0 Å². The van der Waals surface area contributed by atoms with Gasteiger partial charge in [0.15, 0.2) is 0 Å². The van der Waals surface area contributed by atoms with Crippen LogP contribution in [0, 0.1) is 0 Å². The van der Waals surface area contributed by atoms with Gasteiger partial charge in [-0.05, 0) is 41.3 Å². The second kappa shape index (κ2) is 3.27. The Morgan fingerprint density at radius 1 is 1.62 bits per heavy atom. The van der Waals surface area contributed by atoms with Crippen molar-refractivity contribution >= 4 is 15.9 Å². The molecule has 3 nitrogen and oxygen atoms in total. The molecule has 0 aromatic carbocycles.